The van der Waals surface area contributed by atoms with Gasteiger partial charge in [0.1, 0.15) is 41.3 Å². The second-order valence-electron chi connectivity index (χ2n) is 12.6. The lowest BCUT2D eigenvalue weighted by molar-refractivity contribution is -0.133. The summed E-state index contributed by atoms with van der Waals surface area (Å²) in [5, 5.41) is 8.73. The molecule has 0 unspecified atom stereocenters. The summed E-state index contributed by atoms with van der Waals surface area (Å²) in [6.45, 7) is 5.73. The zero-order chi connectivity index (χ0) is 34.5. The lowest BCUT2D eigenvalue weighted by atomic mass is 10.1. The highest BCUT2D eigenvalue weighted by Gasteiger charge is 2.41. The Hall–Kier alpha value is -5.70. The smallest absolute Gasteiger partial charge is 0.245 e. The van der Waals surface area contributed by atoms with Crippen LogP contribution in [0.3, 0.4) is 0 Å². The number of nitrogens with one attached hydrogen (secondary N) is 1. The van der Waals surface area contributed by atoms with E-state index in [9.17, 15) is 9.18 Å². The van der Waals surface area contributed by atoms with Crippen LogP contribution in [-0.2, 0) is 16.1 Å². The van der Waals surface area contributed by atoms with Gasteiger partial charge in [0, 0.05) is 50.6 Å². The maximum atomic E-state index is 14.5. The summed E-state index contributed by atoms with van der Waals surface area (Å²) in [5.74, 6) is 1.67. The van der Waals surface area contributed by atoms with Crippen LogP contribution in [0.2, 0.25) is 0 Å². The molecule has 256 valence electrons. The van der Waals surface area contributed by atoms with Gasteiger partial charge >= 0.3 is 0 Å². The molecule has 1 saturated heterocycles. The SMILES string of the molecule is CCO[C@@H]1CN(C)C(=O)[C@@H]2C[C@@H](CN2c2ncnc3c2cnn3-c2ccc(F)cc2OC)Nc2nccc(n2)-c2cccc3nc(C)n(c23)C1. The first-order valence-electron chi connectivity index (χ1n) is 16.5. The molecular formula is C35H36FN11O3. The Kier molecular flexibility index (Phi) is 7.98. The second-order valence-corrected chi connectivity index (χ2v) is 12.6. The molecule has 15 heteroatoms. The van der Waals surface area contributed by atoms with Crippen LogP contribution in [0.25, 0.3) is 39.0 Å². The third-order valence-corrected chi connectivity index (χ3v) is 9.44. The molecule has 0 spiro atoms. The van der Waals surface area contributed by atoms with Crippen molar-refractivity contribution in [3.63, 3.8) is 0 Å². The molecule has 6 heterocycles. The van der Waals surface area contributed by atoms with Gasteiger partial charge in [-0.15, -0.1) is 0 Å². The fourth-order valence-corrected chi connectivity index (χ4v) is 7.22. The number of hydrogen-bond donors (Lipinski definition) is 1. The standard InChI is InChI=1S/C35H36FN11O3/c1-5-50-23-17-44(3)34(48)29-14-22(42-35-37-12-11-26(43-35)24-7-6-8-27-31(24)45(18-23)20(2)41-27)16-46(29)32-25-15-40-47(33(25)39-19-38-32)28-10-9-21(36)13-30(28)49-4/h6-13,15,19,22-23,29H,5,14,16-18H2,1-4H3,(H,37,42,43)/t22-,23+,29-/m0/s1. The quantitative estimate of drug-likeness (QED) is 0.283. The minimum absolute atomic E-state index is 0.0733. The first-order valence-corrected chi connectivity index (χ1v) is 16.5. The van der Waals surface area contributed by atoms with E-state index in [2.05, 4.69) is 29.9 Å². The van der Waals surface area contributed by atoms with Gasteiger partial charge in [-0.1, -0.05) is 12.1 Å². The molecule has 14 nitrogen and oxygen atoms in total. The number of benzene rings is 2. The van der Waals surface area contributed by atoms with Crippen LogP contribution in [-0.4, -0.2) is 102 Å². The molecule has 1 amide bonds. The molecule has 1 fully saturated rings. The summed E-state index contributed by atoms with van der Waals surface area (Å²) in [4.78, 5) is 41.8. The molecule has 3 atom stereocenters. The molecule has 50 heavy (non-hydrogen) atoms. The molecule has 0 aliphatic carbocycles. The zero-order valence-corrected chi connectivity index (χ0v) is 28.1. The van der Waals surface area contributed by atoms with E-state index in [-0.39, 0.29) is 18.1 Å². The lowest BCUT2D eigenvalue weighted by Gasteiger charge is -2.31. The highest BCUT2D eigenvalue weighted by molar-refractivity contribution is 5.93. The molecule has 6 aromatic rings. The first kappa shape index (κ1) is 31.6. The van der Waals surface area contributed by atoms with Crippen molar-refractivity contribution in [1.29, 1.82) is 0 Å². The number of amides is 1. The van der Waals surface area contributed by atoms with Gasteiger partial charge < -0.3 is 29.2 Å². The maximum absolute atomic E-state index is 14.5. The fourth-order valence-electron chi connectivity index (χ4n) is 7.22. The van der Waals surface area contributed by atoms with Crippen molar-refractivity contribution in [3.8, 4) is 22.7 Å². The highest BCUT2D eigenvalue weighted by Crippen LogP contribution is 2.35. The average molecular weight is 678 g/mol. The minimum Gasteiger partial charge on any atom is -0.494 e. The maximum Gasteiger partial charge on any atom is 0.245 e. The number of aryl methyl sites for hydroxylation is 1. The van der Waals surface area contributed by atoms with E-state index in [1.54, 1.807) is 28.0 Å². The third kappa shape index (κ3) is 5.43. The molecule has 4 aromatic heterocycles. The van der Waals surface area contributed by atoms with Crippen molar-refractivity contribution in [2.45, 2.75) is 45.0 Å². The van der Waals surface area contributed by atoms with E-state index >= 15 is 0 Å². The number of ether oxygens (including phenoxy) is 2. The summed E-state index contributed by atoms with van der Waals surface area (Å²) in [6.07, 6.45) is 5.03. The van der Waals surface area contributed by atoms with Gasteiger partial charge in [0.2, 0.25) is 11.9 Å². The number of imidazole rings is 1. The van der Waals surface area contributed by atoms with Crippen LogP contribution >= 0.6 is 0 Å². The van der Waals surface area contributed by atoms with Gasteiger partial charge in [-0.2, -0.15) is 5.10 Å². The Morgan fingerprint density at radius 1 is 1.06 bits per heavy atom. The normalized spacial score (nSPS) is 19.5. The van der Waals surface area contributed by atoms with Crippen molar-refractivity contribution >= 4 is 39.7 Å². The first-order chi connectivity index (χ1) is 24.3. The number of nitrogens with zero attached hydrogens (tertiary/aromatic N) is 10. The van der Waals surface area contributed by atoms with Crippen molar-refractivity contribution in [2.24, 2.45) is 0 Å². The number of rotatable bonds is 5. The Bertz CT molecular complexity index is 2240. The summed E-state index contributed by atoms with van der Waals surface area (Å²) in [7, 11) is 3.29. The van der Waals surface area contributed by atoms with E-state index in [4.69, 9.17) is 19.4 Å². The molecule has 1 N–H and O–H groups in total. The van der Waals surface area contributed by atoms with Crippen LogP contribution in [0.15, 0.2) is 61.2 Å². The van der Waals surface area contributed by atoms with Gasteiger partial charge in [-0.3, -0.25) is 4.79 Å². The highest BCUT2D eigenvalue weighted by atomic mass is 19.1. The van der Waals surface area contributed by atoms with E-state index < -0.39 is 11.9 Å². The molecule has 2 aliphatic rings. The molecule has 8 rings (SSSR count). The number of anilines is 2. The number of methoxy groups -OCH3 is 1. The van der Waals surface area contributed by atoms with Crippen LogP contribution in [0.5, 0.6) is 5.75 Å². The minimum atomic E-state index is -0.575. The predicted molar refractivity (Wildman–Crippen MR) is 185 cm³/mol. The topological polar surface area (TPSA) is 141 Å². The Morgan fingerprint density at radius 3 is 2.78 bits per heavy atom. The van der Waals surface area contributed by atoms with Crippen LogP contribution in [0.4, 0.5) is 16.2 Å². The van der Waals surface area contributed by atoms with Crippen molar-refractivity contribution in [1.82, 2.24) is 44.2 Å². The molecule has 2 aromatic carbocycles. The molecular weight excluding hydrogens is 641 g/mol. The van der Waals surface area contributed by atoms with Crippen molar-refractivity contribution in [3.05, 3.63) is 72.8 Å². The molecule has 0 radical (unpaired) electrons. The van der Waals surface area contributed by atoms with Crippen LogP contribution < -0.4 is 15.0 Å². The summed E-state index contributed by atoms with van der Waals surface area (Å²) in [5.41, 5.74) is 4.54. The van der Waals surface area contributed by atoms with Gasteiger partial charge in [0.25, 0.3) is 0 Å². The number of likely N-dealkylation sites (N-methyl/N-ethyl adjacent to an activating group) is 1. The fraction of sp³-hybridized carbons (Fsp3) is 0.343. The van der Waals surface area contributed by atoms with E-state index in [0.29, 0.717) is 66.9 Å². The van der Waals surface area contributed by atoms with Crippen LogP contribution in [0, 0.1) is 12.7 Å². The van der Waals surface area contributed by atoms with Gasteiger partial charge in [0.05, 0.1) is 48.1 Å². The lowest BCUT2D eigenvalue weighted by Crippen LogP contribution is -2.47. The number of aromatic nitrogens is 8. The van der Waals surface area contributed by atoms with Gasteiger partial charge in [0.15, 0.2) is 5.65 Å². The van der Waals surface area contributed by atoms with Crippen molar-refractivity contribution < 1.29 is 18.7 Å². The monoisotopic (exact) mass is 677 g/mol. The Labute approximate surface area is 286 Å². The number of para-hydroxylation sites is 1. The van der Waals surface area contributed by atoms with Crippen LogP contribution in [0.1, 0.15) is 19.2 Å². The van der Waals surface area contributed by atoms with Crippen molar-refractivity contribution in [2.75, 3.05) is 44.1 Å². The summed E-state index contributed by atoms with van der Waals surface area (Å²) in [6, 6.07) is 11.4. The predicted octanol–water partition coefficient (Wildman–Crippen LogP) is 4.01. The summed E-state index contributed by atoms with van der Waals surface area (Å²) >= 11 is 0. The largest absolute Gasteiger partial charge is 0.494 e. The second kappa shape index (κ2) is 12.6. The number of carbonyl (C=O) groups excluding carboxylic acids is 1. The number of halogens is 1. The van der Waals surface area contributed by atoms with Gasteiger partial charge in [-0.05, 0) is 44.5 Å². The zero-order valence-electron chi connectivity index (χ0n) is 28.1. The summed E-state index contributed by atoms with van der Waals surface area (Å²) < 4.78 is 29.5. The molecule has 2 aliphatic heterocycles. The number of fused-ring (bicyclic) bond motifs is 6. The van der Waals surface area contributed by atoms with E-state index in [1.165, 1.54) is 25.6 Å². The number of carbonyl (C=O) groups is 1. The molecule has 0 saturated carbocycles. The average Bonchev–Trinajstić information content (AvgIpc) is 3.83. The van der Waals surface area contributed by atoms with E-state index in [1.807, 2.05) is 50.1 Å². The van der Waals surface area contributed by atoms with E-state index in [0.717, 1.165) is 28.1 Å². The number of hydrogen-bond acceptors (Lipinski definition) is 11. The Morgan fingerprint density at radius 2 is 1.94 bits per heavy atom. The third-order valence-electron chi connectivity index (χ3n) is 9.44. The van der Waals surface area contributed by atoms with Gasteiger partial charge in [-0.25, -0.2) is 34.0 Å². The Balaban J connectivity index is 1.22. The molecule has 4 bridgehead atoms.